The van der Waals surface area contributed by atoms with E-state index in [9.17, 15) is 19.8 Å². The Kier molecular flexibility index (Phi) is 16.4. The van der Waals surface area contributed by atoms with Gasteiger partial charge in [-0.3, -0.25) is 4.79 Å². The molecule has 1 aromatic carbocycles. The van der Waals surface area contributed by atoms with Crippen LogP contribution in [0.25, 0.3) is 11.0 Å². The summed E-state index contributed by atoms with van der Waals surface area (Å²) in [5.41, 5.74) is 1.92. The van der Waals surface area contributed by atoms with Crippen LogP contribution in [-0.2, 0) is 6.54 Å². The number of aliphatic hydroxyl groups is 1. The molecule has 0 radical (unpaired) electrons. The standard InChI is InChI=1S/C18H25N3O4.3C2H6/c1-11-9-14-15(10-12(11)2)21(17(23)16(19-14)18(24)25)8-6-13(22)5-7-20(3)4;3*1-2/h9-10,13,22H,5-8H2,1-4H3,(H,24,25);3*1-2H3. The van der Waals surface area contributed by atoms with Gasteiger partial charge >= 0.3 is 5.97 Å². The third kappa shape index (κ3) is 9.61. The molecule has 0 spiro atoms. The van der Waals surface area contributed by atoms with Gasteiger partial charge in [-0.15, -0.1) is 0 Å². The summed E-state index contributed by atoms with van der Waals surface area (Å²) in [5.74, 6) is -1.34. The second kappa shape index (κ2) is 16.4. The van der Waals surface area contributed by atoms with Crippen LogP contribution in [0.1, 0.15) is 76.0 Å². The van der Waals surface area contributed by atoms with Crippen LogP contribution < -0.4 is 5.56 Å². The molecule has 1 heterocycles. The quantitative estimate of drug-likeness (QED) is 0.662. The Morgan fingerprint density at radius 2 is 1.55 bits per heavy atom. The molecule has 0 aliphatic heterocycles. The number of benzene rings is 1. The molecule has 7 heteroatoms. The summed E-state index contributed by atoms with van der Waals surface area (Å²) in [6.07, 6.45) is 0.408. The number of carbonyl (C=O) groups is 1. The van der Waals surface area contributed by atoms with Crippen LogP contribution in [0.3, 0.4) is 0 Å². The smallest absolute Gasteiger partial charge is 0.360 e. The molecule has 0 fully saturated rings. The van der Waals surface area contributed by atoms with Crippen LogP contribution in [0.2, 0.25) is 0 Å². The number of carboxylic acid groups (broad SMARTS) is 1. The lowest BCUT2D eigenvalue weighted by molar-refractivity contribution is 0.0688. The van der Waals surface area contributed by atoms with Gasteiger partial charge in [-0.25, -0.2) is 9.78 Å². The maximum absolute atomic E-state index is 12.5. The van der Waals surface area contributed by atoms with Crippen molar-refractivity contribution in [1.82, 2.24) is 14.5 Å². The zero-order valence-electron chi connectivity index (χ0n) is 21.1. The van der Waals surface area contributed by atoms with E-state index in [0.29, 0.717) is 23.9 Å². The van der Waals surface area contributed by atoms with Crippen LogP contribution in [-0.4, -0.2) is 57.4 Å². The van der Waals surface area contributed by atoms with Crippen LogP contribution in [0.5, 0.6) is 0 Å². The van der Waals surface area contributed by atoms with Gasteiger partial charge < -0.3 is 19.7 Å². The van der Waals surface area contributed by atoms with E-state index in [0.717, 1.165) is 17.7 Å². The monoisotopic (exact) mass is 437 g/mol. The lowest BCUT2D eigenvalue weighted by Gasteiger charge is -2.17. The van der Waals surface area contributed by atoms with Gasteiger partial charge in [0.25, 0.3) is 5.56 Å². The lowest BCUT2D eigenvalue weighted by Crippen LogP contribution is -2.30. The van der Waals surface area contributed by atoms with E-state index >= 15 is 0 Å². The Bertz CT molecular complexity index is 845. The van der Waals surface area contributed by atoms with Crippen molar-refractivity contribution in [3.63, 3.8) is 0 Å². The molecule has 0 amide bonds. The number of hydrogen-bond acceptors (Lipinski definition) is 5. The van der Waals surface area contributed by atoms with Crippen molar-refractivity contribution in [2.75, 3.05) is 20.6 Å². The highest BCUT2D eigenvalue weighted by atomic mass is 16.4. The lowest BCUT2D eigenvalue weighted by atomic mass is 10.1. The Morgan fingerprint density at radius 3 is 2.03 bits per heavy atom. The molecular formula is C24H43N3O4. The first-order valence-electron chi connectivity index (χ1n) is 11.3. The van der Waals surface area contributed by atoms with Crippen molar-refractivity contribution in [2.24, 2.45) is 0 Å². The fraction of sp³-hybridized carbons (Fsp3) is 0.625. The molecule has 0 saturated carbocycles. The molecule has 2 aromatic rings. The molecule has 2 N–H and O–H groups in total. The average molecular weight is 438 g/mol. The topological polar surface area (TPSA) is 95.7 Å². The number of aliphatic hydroxyl groups excluding tert-OH is 1. The fourth-order valence-electron chi connectivity index (χ4n) is 2.69. The summed E-state index contributed by atoms with van der Waals surface area (Å²) in [6, 6.07) is 3.63. The van der Waals surface area contributed by atoms with Crippen LogP contribution in [0.4, 0.5) is 0 Å². The summed E-state index contributed by atoms with van der Waals surface area (Å²) >= 11 is 0. The van der Waals surface area contributed by atoms with Crippen molar-refractivity contribution in [3.8, 4) is 0 Å². The average Bonchev–Trinajstić information content (AvgIpc) is 2.76. The van der Waals surface area contributed by atoms with E-state index in [1.165, 1.54) is 4.57 Å². The molecule has 1 atom stereocenters. The van der Waals surface area contributed by atoms with E-state index in [4.69, 9.17) is 0 Å². The zero-order valence-corrected chi connectivity index (χ0v) is 21.1. The maximum atomic E-state index is 12.5. The van der Waals surface area contributed by atoms with Crippen molar-refractivity contribution in [2.45, 2.75) is 80.9 Å². The Hall–Kier alpha value is -2.25. The van der Waals surface area contributed by atoms with Crippen molar-refractivity contribution >= 4 is 17.0 Å². The van der Waals surface area contributed by atoms with Gasteiger partial charge in [-0.1, -0.05) is 41.5 Å². The second-order valence-electron chi connectivity index (χ2n) is 6.68. The maximum Gasteiger partial charge on any atom is 0.360 e. The predicted molar refractivity (Wildman–Crippen MR) is 130 cm³/mol. The molecule has 1 aromatic heterocycles. The van der Waals surface area contributed by atoms with Crippen LogP contribution >= 0.6 is 0 Å². The number of hydrogen-bond donors (Lipinski definition) is 2. The van der Waals surface area contributed by atoms with E-state index in [1.807, 2.05) is 80.5 Å². The number of carboxylic acids is 1. The highest BCUT2D eigenvalue weighted by Gasteiger charge is 2.18. The molecule has 7 nitrogen and oxygen atoms in total. The van der Waals surface area contributed by atoms with Gasteiger partial charge in [0.2, 0.25) is 5.69 Å². The third-order valence-electron chi connectivity index (χ3n) is 4.36. The molecule has 31 heavy (non-hydrogen) atoms. The van der Waals surface area contributed by atoms with Crippen molar-refractivity contribution in [3.05, 3.63) is 39.3 Å². The molecule has 0 saturated heterocycles. The SMILES string of the molecule is CC.CC.CC.Cc1cc2nc(C(=O)O)c(=O)n(CCC(O)CCN(C)C)c2cc1C. The highest BCUT2D eigenvalue weighted by molar-refractivity contribution is 5.88. The minimum atomic E-state index is -1.34. The van der Waals surface area contributed by atoms with Gasteiger partial charge in [0.15, 0.2) is 0 Å². The molecule has 2 rings (SSSR count). The van der Waals surface area contributed by atoms with Crippen molar-refractivity contribution < 1.29 is 15.0 Å². The Balaban J connectivity index is 0. The molecular weight excluding hydrogens is 394 g/mol. The molecule has 178 valence electrons. The van der Waals surface area contributed by atoms with Gasteiger partial charge in [-0.2, -0.15) is 0 Å². The van der Waals surface area contributed by atoms with Crippen LogP contribution in [0.15, 0.2) is 16.9 Å². The normalized spacial score (nSPS) is 10.8. The minimum absolute atomic E-state index is 0.245. The number of aryl methyl sites for hydroxylation is 3. The van der Waals surface area contributed by atoms with E-state index < -0.39 is 23.3 Å². The molecule has 0 bridgehead atoms. The first-order valence-corrected chi connectivity index (χ1v) is 11.3. The number of aromatic nitrogens is 2. The van der Waals surface area contributed by atoms with Gasteiger partial charge in [0, 0.05) is 6.54 Å². The van der Waals surface area contributed by atoms with E-state index in [1.54, 1.807) is 6.07 Å². The van der Waals surface area contributed by atoms with Crippen LogP contribution in [0, 0.1) is 13.8 Å². The largest absolute Gasteiger partial charge is 0.476 e. The molecule has 0 aliphatic rings. The van der Waals surface area contributed by atoms with Gasteiger partial charge in [0.05, 0.1) is 17.1 Å². The summed E-state index contributed by atoms with van der Waals surface area (Å²) in [7, 11) is 3.86. The number of fused-ring (bicyclic) bond motifs is 1. The fourth-order valence-corrected chi connectivity index (χ4v) is 2.69. The Labute approximate surface area is 187 Å². The predicted octanol–water partition coefficient (Wildman–Crippen LogP) is 4.49. The van der Waals surface area contributed by atoms with Gasteiger partial charge in [-0.05, 0) is 70.6 Å². The zero-order chi connectivity index (χ0) is 24.7. The summed E-state index contributed by atoms with van der Waals surface area (Å²) in [4.78, 5) is 29.9. The number of aromatic carboxylic acids is 1. The molecule has 0 aliphatic carbocycles. The summed E-state index contributed by atoms with van der Waals surface area (Å²) < 4.78 is 1.41. The second-order valence-corrected chi connectivity index (χ2v) is 6.68. The summed E-state index contributed by atoms with van der Waals surface area (Å²) in [5, 5.41) is 19.4. The minimum Gasteiger partial charge on any atom is -0.476 e. The van der Waals surface area contributed by atoms with Gasteiger partial charge in [0.1, 0.15) is 0 Å². The molecule has 1 unspecified atom stereocenters. The number of rotatable bonds is 7. The summed E-state index contributed by atoms with van der Waals surface area (Å²) in [6.45, 7) is 16.8. The van der Waals surface area contributed by atoms with E-state index in [2.05, 4.69) is 4.98 Å². The first-order chi connectivity index (χ1) is 14.7. The highest BCUT2D eigenvalue weighted by Crippen LogP contribution is 2.18. The van der Waals surface area contributed by atoms with Crippen molar-refractivity contribution in [1.29, 1.82) is 0 Å². The number of nitrogens with zero attached hydrogens (tertiary/aromatic N) is 3. The Morgan fingerprint density at radius 1 is 1.03 bits per heavy atom. The first kappa shape index (κ1) is 30.9. The third-order valence-corrected chi connectivity index (χ3v) is 4.36. The van der Waals surface area contributed by atoms with E-state index in [-0.39, 0.29) is 6.54 Å².